The number of hydrogen-bond acceptors (Lipinski definition) is 4. The van der Waals surface area contributed by atoms with Crippen molar-refractivity contribution in [2.24, 2.45) is 5.92 Å². The lowest BCUT2D eigenvalue weighted by Gasteiger charge is -2.15. The van der Waals surface area contributed by atoms with Gasteiger partial charge in [-0.25, -0.2) is 9.59 Å². The molecule has 0 radical (unpaired) electrons. The van der Waals surface area contributed by atoms with E-state index < -0.39 is 5.43 Å². The molecule has 0 saturated carbocycles. The molecule has 0 spiro atoms. The Morgan fingerprint density at radius 3 is 2.65 bits per heavy atom. The van der Waals surface area contributed by atoms with E-state index in [4.69, 9.17) is 16.3 Å². The third kappa shape index (κ3) is 10.00. The van der Waals surface area contributed by atoms with Gasteiger partial charge in [0.1, 0.15) is 0 Å². The number of carbonyl (C=O) groups excluding carboxylic acids is 2. The molecule has 1 atom stereocenters. The van der Waals surface area contributed by atoms with Crippen LogP contribution < -0.4 is 5.32 Å². The minimum atomic E-state index is -0.695. The minimum absolute atomic E-state index is 0.328. The molecule has 1 amide bonds. The van der Waals surface area contributed by atoms with E-state index in [-0.39, 0.29) is 6.09 Å². The second-order valence-corrected chi connectivity index (χ2v) is 5.83. The second kappa shape index (κ2) is 12.0. The van der Waals surface area contributed by atoms with Crippen LogP contribution in [0.4, 0.5) is 9.59 Å². The van der Waals surface area contributed by atoms with Gasteiger partial charge in [-0.2, -0.15) is 0 Å². The SMILES string of the molecule is CCOC(=O)NC1=CCCCC1.O=C(Cl)OCC1CC=CCC1. The maximum Gasteiger partial charge on any atom is 0.411 e. The van der Waals surface area contributed by atoms with E-state index in [2.05, 4.69) is 28.3 Å². The zero-order valence-electron chi connectivity index (χ0n) is 13.7. The maximum absolute atomic E-state index is 10.9. The molecule has 2 aliphatic rings. The Morgan fingerprint density at radius 2 is 2.09 bits per heavy atom. The fraction of sp³-hybridized carbons (Fsp3) is 0.647. The van der Waals surface area contributed by atoms with Crippen molar-refractivity contribution in [2.75, 3.05) is 13.2 Å². The summed E-state index contributed by atoms with van der Waals surface area (Å²) in [6.45, 7) is 2.70. The Bertz CT molecular complexity index is 434. The lowest BCUT2D eigenvalue weighted by atomic mass is 9.95. The third-order valence-corrected chi connectivity index (χ3v) is 3.75. The van der Waals surface area contributed by atoms with Crippen molar-refractivity contribution in [3.63, 3.8) is 0 Å². The molecule has 0 saturated heterocycles. The normalized spacial score (nSPS) is 19.7. The van der Waals surface area contributed by atoms with Gasteiger partial charge in [0.2, 0.25) is 0 Å². The molecule has 1 N–H and O–H groups in total. The topological polar surface area (TPSA) is 64.6 Å². The van der Waals surface area contributed by atoms with Crippen LogP contribution in [0.25, 0.3) is 0 Å². The molecule has 0 bridgehead atoms. The predicted octanol–water partition coefficient (Wildman–Crippen LogP) is 4.91. The number of ether oxygens (including phenoxy) is 2. The van der Waals surface area contributed by atoms with E-state index in [9.17, 15) is 9.59 Å². The van der Waals surface area contributed by atoms with Crippen LogP contribution in [0, 0.1) is 5.92 Å². The summed E-state index contributed by atoms with van der Waals surface area (Å²) < 4.78 is 9.43. The molecular weight excluding hydrogens is 318 g/mol. The Labute approximate surface area is 143 Å². The molecule has 0 heterocycles. The molecule has 0 fully saturated rings. The van der Waals surface area contributed by atoms with Crippen molar-refractivity contribution in [3.8, 4) is 0 Å². The highest BCUT2D eigenvalue weighted by Crippen LogP contribution is 2.18. The Kier molecular flexibility index (Phi) is 10.2. The molecular formula is C17H26ClNO4. The quantitative estimate of drug-likeness (QED) is 0.582. The van der Waals surface area contributed by atoms with E-state index in [1.165, 1.54) is 6.42 Å². The number of carbonyl (C=O) groups is 2. The summed E-state index contributed by atoms with van der Waals surface area (Å²) in [5, 5.41) is 2.72. The van der Waals surface area contributed by atoms with Gasteiger partial charge in [-0.1, -0.05) is 18.2 Å². The first kappa shape index (κ1) is 19.6. The maximum atomic E-state index is 10.9. The zero-order valence-corrected chi connectivity index (χ0v) is 14.4. The van der Waals surface area contributed by atoms with Gasteiger partial charge in [0.05, 0.1) is 13.2 Å². The first-order chi connectivity index (χ1) is 11.1. The van der Waals surface area contributed by atoms with Gasteiger partial charge < -0.3 is 9.47 Å². The number of hydrogen-bond donors (Lipinski definition) is 1. The van der Waals surface area contributed by atoms with Gasteiger partial charge >= 0.3 is 11.5 Å². The number of alkyl carbamates (subject to hydrolysis) is 1. The number of nitrogens with one attached hydrogen (secondary N) is 1. The lowest BCUT2D eigenvalue weighted by molar-refractivity contribution is 0.148. The van der Waals surface area contributed by atoms with E-state index in [1.807, 2.05) is 0 Å². The molecule has 23 heavy (non-hydrogen) atoms. The van der Waals surface area contributed by atoms with Crippen molar-refractivity contribution < 1.29 is 19.1 Å². The average molecular weight is 344 g/mol. The van der Waals surface area contributed by atoms with E-state index in [0.717, 1.165) is 44.2 Å². The van der Waals surface area contributed by atoms with Crippen LogP contribution in [-0.4, -0.2) is 24.7 Å². The summed E-state index contributed by atoms with van der Waals surface area (Å²) in [4.78, 5) is 21.1. The molecule has 2 aliphatic carbocycles. The molecule has 0 aromatic rings. The van der Waals surface area contributed by atoms with Crippen molar-refractivity contribution in [2.45, 2.75) is 51.9 Å². The predicted molar refractivity (Wildman–Crippen MR) is 90.4 cm³/mol. The summed E-state index contributed by atoms with van der Waals surface area (Å²) in [7, 11) is 0. The van der Waals surface area contributed by atoms with Gasteiger partial charge in [0.25, 0.3) is 0 Å². The molecule has 1 unspecified atom stereocenters. The zero-order chi connectivity index (χ0) is 16.9. The summed E-state index contributed by atoms with van der Waals surface area (Å²) in [6, 6.07) is 0. The molecule has 0 aromatic heterocycles. The van der Waals surface area contributed by atoms with Crippen LogP contribution in [0.2, 0.25) is 0 Å². The molecule has 6 heteroatoms. The molecule has 2 rings (SSSR count). The highest BCUT2D eigenvalue weighted by molar-refractivity contribution is 6.61. The molecule has 5 nitrogen and oxygen atoms in total. The fourth-order valence-corrected chi connectivity index (χ4v) is 2.50. The number of halogens is 1. The average Bonchev–Trinajstić information content (AvgIpc) is 2.56. The first-order valence-electron chi connectivity index (χ1n) is 8.21. The smallest absolute Gasteiger partial charge is 0.411 e. The van der Waals surface area contributed by atoms with Crippen LogP contribution in [0.15, 0.2) is 23.9 Å². The summed E-state index contributed by atoms with van der Waals surface area (Å²) in [5.41, 5.74) is 0.319. The van der Waals surface area contributed by atoms with Crippen molar-refractivity contribution in [1.82, 2.24) is 5.32 Å². The number of rotatable bonds is 4. The van der Waals surface area contributed by atoms with Crippen LogP contribution in [-0.2, 0) is 9.47 Å². The largest absolute Gasteiger partial charge is 0.453 e. The highest BCUT2D eigenvalue weighted by Gasteiger charge is 2.11. The summed E-state index contributed by atoms with van der Waals surface area (Å²) >= 11 is 5.02. The Morgan fingerprint density at radius 1 is 1.26 bits per heavy atom. The van der Waals surface area contributed by atoms with Crippen LogP contribution in [0.1, 0.15) is 51.9 Å². The number of amides is 1. The monoisotopic (exact) mass is 343 g/mol. The van der Waals surface area contributed by atoms with Crippen molar-refractivity contribution >= 4 is 23.1 Å². The van der Waals surface area contributed by atoms with Gasteiger partial charge in [-0.15, -0.1) is 0 Å². The standard InChI is InChI=1S/C9H15NO2.C8H11ClO2/c1-2-12-9(11)10-8-6-4-3-5-7-8;9-8(10)11-6-7-4-2-1-3-5-7/h6H,2-5,7H2,1H3,(H,10,11);1-2,7H,3-6H2. The van der Waals surface area contributed by atoms with Crippen molar-refractivity contribution in [3.05, 3.63) is 23.9 Å². The van der Waals surface area contributed by atoms with E-state index in [0.29, 0.717) is 19.1 Å². The van der Waals surface area contributed by atoms with Crippen LogP contribution in [0.3, 0.4) is 0 Å². The second-order valence-electron chi connectivity index (χ2n) is 5.52. The Hall–Kier alpha value is -1.49. The molecule has 0 aromatic carbocycles. The summed E-state index contributed by atoms with van der Waals surface area (Å²) in [6.07, 6.45) is 13.6. The van der Waals surface area contributed by atoms with Crippen molar-refractivity contribution in [1.29, 1.82) is 0 Å². The van der Waals surface area contributed by atoms with E-state index >= 15 is 0 Å². The number of allylic oxidation sites excluding steroid dienone is 4. The summed E-state index contributed by atoms with van der Waals surface area (Å²) in [5.74, 6) is 0.475. The van der Waals surface area contributed by atoms with Crippen LogP contribution >= 0.6 is 11.6 Å². The lowest BCUT2D eigenvalue weighted by Crippen LogP contribution is -2.24. The molecule has 0 aliphatic heterocycles. The van der Waals surface area contributed by atoms with Gasteiger partial charge in [-0.05, 0) is 57.8 Å². The highest BCUT2D eigenvalue weighted by atomic mass is 35.5. The van der Waals surface area contributed by atoms with Gasteiger partial charge in [0.15, 0.2) is 0 Å². The first-order valence-corrected chi connectivity index (χ1v) is 8.59. The van der Waals surface area contributed by atoms with Crippen LogP contribution in [0.5, 0.6) is 0 Å². The van der Waals surface area contributed by atoms with Gasteiger partial charge in [-0.3, -0.25) is 5.32 Å². The fourth-order valence-electron chi connectivity index (χ4n) is 2.44. The van der Waals surface area contributed by atoms with Gasteiger partial charge in [0, 0.05) is 17.3 Å². The minimum Gasteiger partial charge on any atom is -0.453 e. The third-order valence-electron chi connectivity index (χ3n) is 3.64. The Balaban J connectivity index is 0.000000231. The van der Waals surface area contributed by atoms with E-state index in [1.54, 1.807) is 6.92 Å². The molecule has 130 valence electrons.